The summed E-state index contributed by atoms with van der Waals surface area (Å²) in [6.45, 7) is 6.10. The number of carbonyl (C=O) groups is 1. The summed E-state index contributed by atoms with van der Waals surface area (Å²) >= 11 is 0. The lowest BCUT2D eigenvalue weighted by Crippen LogP contribution is -2.27. The number of hydrogen-bond donors (Lipinski definition) is 0. The molecule has 1 aromatic carbocycles. The minimum atomic E-state index is -0.106. The lowest BCUT2D eigenvalue weighted by molar-refractivity contribution is 0.0786. The van der Waals surface area contributed by atoms with Crippen molar-refractivity contribution in [3.8, 4) is 5.75 Å². The van der Waals surface area contributed by atoms with Gasteiger partial charge in [-0.15, -0.1) is 0 Å². The predicted octanol–water partition coefficient (Wildman–Crippen LogP) is 3.43. The van der Waals surface area contributed by atoms with Crippen molar-refractivity contribution >= 4 is 17.0 Å². The predicted molar refractivity (Wildman–Crippen MR) is 94.8 cm³/mol. The van der Waals surface area contributed by atoms with Crippen LogP contribution in [-0.2, 0) is 6.54 Å². The molecule has 3 aromatic rings. The van der Waals surface area contributed by atoms with Gasteiger partial charge in [-0.1, -0.05) is 22.9 Å². The molecule has 3 rings (SSSR count). The van der Waals surface area contributed by atoms with E-state index in [2.05, 4.69) is 10.1 Å². The Kier molecular flexibility index (Phi) is 4.44. The van der Waals surface area contributed by atoms with Crippen molar-refractivity contribution in [1.29, 1.82) is 0 Å². The standard InChI is InChI=1S/C19H21N3O3/c1-11-6-7-16(24-5)14(8-11)10-22(4)19(23)15-9-12(2)20-18-17(15)13(3)21-25-18/h6-9H,10H2,1-5H3. The number of fused-ring (bicyclic) bond motifs is 1. The van der Waals surface area contributed by atoms with Crippen LogP contribution in [0.15, 0.2) is 28.8 Å². The van der Waals surface area contributed by atoms with E-state index in [0.29, 0.717) is 34.6 Å². The van der Waals surface area contributed by atoms with Crippen LogP contribution >= 0.6 is 0 Å². The number of carbonyl (C=O) groups excluding carboxylic acids is 1. The number of aryl methyl sites for hydroxylation is 3. The summed E-state index contributed by atoms with van der Waals surface area (Å²) < 4.78 is 10.6. The smallest absolute Gasteiger partial charge is 0.258 e. The van der Waals surface area contributed by atoms with Gasteiger partial charge in [-0.25, -0.2) is 4.98 Å². The molecule has 0 radical (unpaired) electrons. The Morgan fingerprint density at radius 3 is 2.72 bits per heavy atom. The van der Waals surface area contributed by atoms with E-state index in [1.165, 1.54) is 0 Å². The average molecular weight is 339 g/mol. The van der Waals surface area contributed by atoms with Crippen molar-refractivity contribution in [3.05, 3.63) is 52.3 Å². The second-order valence-corrected chi connectivity index (χ2v) is 6.24. The summed E-state index contributed by atoms with van der Waals surface area (Å²) in [5.41, 5.74) is 4.40. The van der Waals surface area contributed by atoms with Gasteiger partial charge in [0.2, 0.25) is 0 Å². The highest BCUT2D eigenvalue weighted by Crippen LogP contribution is 2.25. The van der Waals surface area contributed by atoms with Crippen molar-refractivity contribution in [3.63, 3.8) is 0 Å². The van der Waals surface area contributed by atoms with Gasteiger partial charge in [0.15, 0.2) is 0 Å². The Bertz CT molecular complexity index is 946. The second kappa shape index (κ2) is 6.55. The molecule has 1 amide bonds. The lowest BCUT2D eigenvalue weighted by Gasteiger charge is -2.20. The summed E-state index contributed by atoms with van der Waals surface area (Å²) in [5.74, 6) is 0.660. The Hall–Kier alpha value is -2.89. The van der Waals surface area contributed by atoms with Gasteiger partial charge in [0.25, 0.3) is 11.6 Å². The highest BCUT2D eigenvalue weighted by molar-refractivity contribution is 6.05. The van der Waals surface area contributed by atoms with Gasteiger partial charge in [-0.05, 0) is 32.9 Å². The van der Waals surface area contributed by atoms with Crippen LogP contribution in [0.25, 0.3) is 11.1 Å². The van der Waals surface area contributed by atoms with Crippen molar-refractivity contribution in [2.45, 2.75) is 27.3 Å². The third-order valence-corrected chi connectivity index (χ3v) is 4.17. The number of hydrogen-bond acceptors (Lipinski definition) is 5. The van der Waals surface area contributed by atoms with E-state index in [0.717, 1.165) is 16.9 Å². The number of aromatic nitrogens is 2. The maximum absolute atomic E-state index is 13.0. The van der Waals surface area contributed by atoms with Gasteiger partial charge in [0.1, 0.15) is 5.75 Å². The van der Waals surface area contributed by atoms with E-state index in [1.807, 2.05) is 39.0 Å². The molecule has 6 heteroatoms. The molecule has 6 nitrogen and oxygen atoms in total. The summed E-state index contributed by atoms with van der Waals surface area (Å²) in [5, 5.41) is 4.60. The largest absolute Gasteiger partial charge is 0.496 e. The SMILES string of the molecule is COc1ccc(C)cc1CN(C)C(=O)c1cc(C)nc2onc(C)c12. The number of ether oxygens (including phenoxy) is 1. The molecule has 0 aliphatic rings. The first kappa shape index (κ1) is 17.0. The number of benzene rings is 1. The number of rotatable bonds is 4. The van der Waals surface area contributed by atoms with E-state index in [-0.39, 0.29) is 5.91 Å². The Morgan fingerprint density at radius 1 is 1.24 bits per heavy atom. The molecular formula is C19H21N3O3. The molecular weight excluding hydrogens is 318 g/mol. The molecule has 25 heavy (non-hydrogen) atoms. The van der Waals surface area contributed by atoms with Gasteiger partial charge >= 0.3 is 0 Å². The van der Waals surface area contributed by atoms with Crippen molar-refractivity contribution in [2.75, 3.05) is 14.2 Å². The molecule has 0 aliphatic carbocycles. The zero-order chi connectivity index (χ0) is 18.1. The Morgan fingerprint density at radius 2 is 2.00 bits per heavy atom. The van der Waals surface area contributed by atoms with Gasteiger partial charge in [0, 0.05) is 24.8 Å². The van der Waals surface area contributed by atoms with Crippen molar-refractivity contribution < 1.29 is 14.1 Å². The molecule has 2 heterocycles. The third-order valence-electron chi connectivity index (χ3n) is 4.17. The van der Waals surface area contributed by atoms with Gasteiger partial charge in [-0.2, -0.15) is 0 Å². The van der Waals surface area contributed by atoms with E-state index < -0.39 is 0 Å². The highest BCUT2D eigenvalue weighted by Gasteiger charge is 2.21. The topological polar surface area (TPSA) is 68.5 Å². The molecule has 0 aliphatic heterocycles. The third kappa shape index (κ3) is 3.20. The molecule has 2 aromatic heterocycles. The molecule has 0 unspecified atom stereocenters. The second-order valence-electron chi connectivity index (χ2n) is 6.24. The molecule has 0 N–H and O–H groups in total. The monoisotopic (exact) mass is 339 g/mol. The number of amides is 1. The number of pyridine rings is 1. The van der Waals surface area contributed by atoms with Crippen LogP contribution in [0.2, 0.25) is 0 Å². The average Bonchev–Trinajstić information content (AvgIpc) is 2.94. The van der Waals surface area contributed by atoms with Crippen LogP contribution in [0.3, 0.4) is 0 Å². The van der Waals surface area contributed by atoms with Crippen LogP contribution in [-0.4, -0.2) is 35.1 Å². The van der Waals surface area contributed by atoms with Gasteiger partial charge < -0.3 is 14.2 Å². The molecule has 0 saturated carbocycles. The van der Waals surface area contributed by atoms with E-state index in [1.54, 1.807) is 25.1 Å². The maximum Gasteiger partial charge on any atom is 0.258 e. The summed E-state index contributed by atoms with van der Waals surface area (Å²) in [7, 11) is 3.40. The minimum Gasteiger partial charge on any atom is -0.496 e. The highest BCUT2D eigenvalue weighted by atomic mass is 16.5. The molecule has 0 saturated heterocycles. The first-order chi connectivity index (χ1) is 11.9. The lowest BCUT2D eigenvalue weighted by atomic mass is 10.1. The van der Waals surface area contributed by atoms with E-state index in [9.17, 15) is 4.79 Å². The molecule has 0 atom stereocenters. The van der Waals surface area contributed by atoms with Crippen molar-refractivity contribution in [1.82, 2.24) is 15.0 Å². The zero-order valence-electron chi connectivity index (χ0n) is 15.1. The summed E-state index contributed by atoms with van der Waals surface area (Å²) in [6, 6.07) is 7.71. The summed E-state index contributed by atoms with van der Waals surface area (Å²) in [4.78, 5) is 19.0. The van der Waals surface area contributed by atoms with E-state index in [4.69, 9.17) is 9.26 Å². The fourth-order valence-electron chi connectivity index (χ4n) is 2.95. The quantitative estimate of drug-likeness (QED) is 0.728. The first-order valence-electron chi connectivity index (χ1n) is 8.03. The Balaban J connectivity index is 1.96. The van der Waals surface area contributed by atoms with Crippen LogP contribution in [0.1, 0.15) is 32.9 Å². The van der Waals surface area contributed by atoms with Crippen LogP contribution in [0.4, 0.5) is 0 Å². The number of nitrogens with zero attached hydrogens (tertiary/aromatic N) is 3. The molecule has 130 valence electrons. The normalized spacial score (nSPS) is 10.9. The number of methoxy groups -OCH3 is 1. The molecule has 0 spiro atoms. The minimum absolute atomic E-state index is 0.106. The molecule has 0 bridgehead atoms. The van der Waals surface area contributed by atoms with Gasteiger partial charge in [-0.3, -0.25) is 4.79 Å². The fourth-order valence-corrected chi connectivity index (χ4v) is 2.95. The van der Waals surface area contributed by atoms with E-state index >= 15 is 0 Å². The van der Waals surface area contributed by atoms with Gasteiger partial charge in [0.05, 0.1) is 23.8 Å². The van der Waals surface area contributed by atoms with Crippen LogP contribution in [0.5, 0.6) is 5.75 Å². The summed E-state index contributed by atoms with van der Waals surface area (Å²) in [6.07, 6.45) is 0. The Labute approximate surface area is 146 Å². The fraction of sp³-hybridized carbons (Fsp3) is 0.316. The first-order valence-corrected chi connectivity index (χ1v) is 8.03. The maximum atomic E-state index is 13.0. The molecule has 0 fully saturated rings. The van der Waals surface area contributed by atoms with Crippen LogP contribution < -0.4 is 4.74 Å². The zero-order valence-corrected chi connectivity index (χ0v) is 15.1. The van der Waals surface area contributed by atoms with Crippen LogP contribution in [0, 0.1) is 20.8 Å². The van der Waals surface area contributed by atoms with Crippen molar-refractivity contribution in [2.24, 2.45) is 0 Å².